The van der Waals surface area contributed by atoms with Crippen LogP contribution >= 0.6 is 27.3 Å². The molecule has 2 aromatic carbocycles. The second-order valence-corrected chi connectivity index (χ2v) is 6.48. The second kappa shape index (κ2) is 5.09. The van der Waals surface area contributed by atoms with Crippen LogP contribution in [0.5, 0.6) is 0 Å². The van der Waals surface area contributed by atoms with Crippen LogP contribution in [0, 0.1) is 0 Å². The zero-order valence-corrected chi connectivity index (χ0v) is 13.3. The number of hydrogen-bond acceptors (Lipinski definition) is 4. The molecule has 0 aliphatic carbocycles. The Hall–Kier alpha value is -1.98. The molecule has 102 valence electrons. The van der Waals surface area contributed by atoms with Crippen molar-refractivity contribution < 1.29 is 0 Å². The first kappa shape index (κ1) is 12.7. The maximum Gasteiger partial charge on any atom is 0.0832 e. The van der Waals surface area contributed by atoms with Crippen molar-refractivity contribution >= 4 is 59.8 Å². The van der Waals surface area contributed by atoms with Crippen molar-refractivity contribution in [3.63, 3.8) is 0 Å². The Morgan fingerprint density at radius 1 is 0.952 bits per heavy atom. The fourth-order valence-corrected chi connectivity index (χ4v) is 3.34. The molecule has 0 bridgehead atoms. The lowest BCUT2D eigenvalue weighted by molar-refractivity contribution is 1.40. The molecule has 21 heavy (non-hydrogen) atoms. The van der Waals surface area contributed by atoms with Gasteiger partial charge in [0.25, 0.3) is 0 Å². The van der Waals surface area contributed by atoms with Crippen LogP contribution in [0.3, 0.4) is 0 Å². The van der Waals surface area contributed by atoms with Crippen molar-refractivity contribution in [2.24, 2.45) is 0 Å². The molecule has 0 fully saturated rings. The SMILES string of the molecule is Brc1ccc2nccc(Nc3ccc4scnc4c3)c2c1. The molecule has 0 spiro atoms. The van der Waals surface area contributed by atoms with E-state index in [-0.39, 0.29) is 0 Å². The topological polar surface area (TPSA) is 37.8 Å². The smallest absolute Gasteiger partial charge is 0.0832 e. The van der Waals surface area contributed by atoms with E-state index in [9.17, 15) is 0 Å². The Labute approximate surface area is 133 Å². The van der Waals surface area contributed by atoms with Crippen molar-refractivity contribution in [3.05, 3.63) is 58.6 Å². The molecular formula is C16H10BrN3S. The molecule has 0 radical (unpaired) electrons. The predicted molar refractivity (Wildman–Crippen MR) is 92.3 cm³/mol. The highest BCUT2D eigenvalue weighted by Crippen LogP contribution is 2.29. The summed E-state index contributed by atoms with van der Waals surface area (Å²) >= 11 is 5.17. The number of aromatic nitrogens is 2. The van der Waals surface area contributed by atoms with Crippen molar-refractivity contribution in [2.45, 2.75) is 0 Å². The average molecular weight is 356 g/mol. The van der Waals surface area contributed by atoms with Crippen molar-refractivity contribution in [1.82, 2.24) is 9.97 Å². The fourth-order valence-electron chi connectivity index (χ4n) is 2.32. The molecule has 4 rings (SSSR count). The fraction of sp³-hybridized carbons (Fsp3) is 0. The first-order chi connectivity index (χ1) is 10.3. The number of nitrogens with one attached hydrogen (secondary N) is 1. The van der Waals surface area contributed by atoms with Crippen LogP contribution in [-0.4, -0.2) is 9.97 Å². The Morgan fingerprint density at radius 3 is 2.86 bits per heavy atom. The molecular weight excluding hydrogens is 346 g/mol. The highest BCUT2D eigenvalue weighted by molar-refractivity contribution is 9.10. The standard InChI is InChI=1S/C16H10BrN3S/c17-10-1-3-13-12(7-10)14(5-6-18-13)20-11-2-4-16-15(8-11)19-9-21-16/h1-9H,(H,18,20). The monoisotopic (exact) mass is 355 g/mol. The van der Waals surface area contributed by atoms with Gasteiger partial charge in [-0.3, -0.25) is 4.98 Å². The molecule has 0 unspecified atom stereocenters. The number of hydrogen-bond donors (Lipinski definition) is 1. The van der Waals surface area contributed by atoms with Crippen LogP contribution in [-0.2, 0) is 0 Å². The van der Waals surface area contributed by atoms with Crippen LogP contribution in [0.4, 0.5) is 11.4 Å². The van der Waals surface area contributed by atoms with E-state index in [0.29, 0.717) is 0 Å². The molecule has 0 aliphatic heterocycles. The molecule has 0 amide bonds. The molecule has 2 aromatic heterocycles. The highest BCUT2D eigenvalue weighted by Gasteiger charge is 2.04. The van der Waals surface area contributed by atoms with Crippen LogP contribution in [0.1, 0.15) is 0 Å². The van der Waals surface area contributed by atoms with Gasteiger partial charge in [-0.05, 0) is 42.5 Å². The number of benzene rings is 2. The molecule has 0 aliphatic rings. The van der Waals surface area contributed by atoms with Crippen molar-refractivity contribution in [1.29, 1.82) is 0 Å². The molecule has 3 nitrogen and oxygen atoms in total. The van der Waals surface area contributed by atoms with E-state index < -0.39 is 0 Å². The van der Waals surface area contributed by atoms with Gasteiger partial charge in [0, 0.05) is 27.4 Å². The van der Waals surface area contributed by atoms with Gasteiger partial charge in [0.15, 0.2) is 0 Å². The summed E-state index contributed by atoms with van der Waals surface area (Å²) in [5.41, 5.74) is 5.92. The largest absolute Gasteiger partial charge is 0.355 e. The van der Waals surface area contributed by atoms with Crippen molar-refractivity contribution in [3.8, 4) is 0 Å². The number of halogens is 1. The van der Waals surface area contributed by atoms with Gasteiger partial charge in [-0.15, -0.1) is 11.3 Å². The lowest BCUT2D eigenvalue weighted by Crippen LogP contribution is -1.92. The lowest BCUT2D eigenvalue weighted by atomic mass is 10.2. The maximum atomic E-state index is 4.39. The summed E-state index contributed by atoms with van der Waals surface area (Å²) in [6.07, 6.45) is 1.82. The molecule has 4 aromatic rings. The zero-order chi connectivity index (χ0) is 14.2. The Bertz CT molecular complexity index is 948. The molecule has 1 N–H and O–H groups in total. The molecule has 5 heteroatoms. The summed E-state index contributed by atoms with van der Waals surface area (Å²) in [6, 6.07) is 14.3. The van der Waals surface area contributed by atoms with Crippen LogP contribution in [0.25, 0.3) is 21.1 Å². The summed E-state index contributed by atoms with van der Waals surface area (Å²) in [4.78, 5) is 8.75. The first-order valence-corrected chi connectivity index (χ1v) is 8.11. The highest BCUT2D eigenvalue weighted by atomic mass is 79.9. The third-order valence-electron chi connectivity index (χ3n) is 3.31. The van der Waals surface area contributed by atoms with Gasteiger partial charge in [0.05, 0.1) is 21.2 Å². The number of nitrogens with zero attached hydrogens (tertiary/aromatic N) is 2. The van der Waals surface area contributed by atoms with Gasteiger partial charge in [-0.2, -0.15) is 0 Å². The predicted octanol–water partition coefficient (Wildman–Crippen LogP) is 5.35. The van der Waals surface area contributed by atoms with E-state index in [1.54, 1.807) is 11.3 Å². The van der Waals surface area contributed by atoms with Crippen molar-refractivity contribution in [2.75, 3.05) is 5.32 Å². The zero-order valence-electron chi connectivity index (χ0n) is 10.9. The molecule has 0 saturated carbocycles. The average Bonchev–Trinajstić information content (AvgIpc) is 2.95. The van der Waals surface area contributed by atoms with Crippen LogP contribution in [0.15, 0.2) is 58.6 Å². The van der Waals surface area contributed by atoms with Crippen LogP contribution in [0.2, 0.25) is 0 Å². The number of thiazole rings is 1. The van der Waals surface area contributed by atoms with Gasteiger partial charge in [0.2, 0.25) is 0 Å². The Balaban J connectivity index is 1.81. The summed E-state index contributed by atoms with van der Waals surface area (Å²) in [6.45, 7) is 0. The third-order valence-corrected chi connectivity index (χ3v) is 4.62. The summed E-state index contributed by atoms with van der Waals surface area (Å²) in [5, 5.41) is 4.55. The normalized spacial score (nSPS) is 11.1. The maximum absolute atomic E-state index is 4.39. The van der Waals surface area contributed by atoms with Gasteiger partial charge in [-0.25, -0.2) is 4.98 Å². The van der Waals surface area contributed by atoms with E-state index in [1.807, 2.05) is 29.9 Å². The van der Waals surface area contributed by atoms with E-state index in [2.05, 4.69) is 55.5 Å². The Morgan fingerprint density at radius 2 is 1.90 bits per heavy atom. The Kier molecular flexibility index (Phi) is 3.09. The summed E-state index contributed by atoms with van der Waals surface area (Å²) in [7, 11) is 0. The minimum Gasteiger partial charge on any atom is -0.355 e. The van der Waals surface area contributed by atoms with E-state index in [0.717, 1.165) is 32.3 Å². The first-order valence-electron chi connectivity index (χ1n) is 6.44. The second-order valence-electron chi connectivity index (χ2n) is 4.68. The third kappa shape index (κ3) is 2.39. The van der Waals surface area contributed by atoms with Gasteiger partial charge in [-0.1, -0.05) is 15.9 Å². The van der Waals surface area contributed by atoms with E-state index >= 15 is 0 Å². The molecule has 2 heterocycles. The quantitative estimate of drug-likeness (QED) is 0.526. The number of anilines is 2. The number of rotatable bonds is 2. The molecule has 0 saturated heterocycles. The van der Waals surface area contributed by atoms with E-state index in [4.69, 9.17) is 0 Å². The van der Waals surface area contributed by atoms with Gasteiger partial charge < -0.3 is 5.32 Å². The number of pyridine rings is 1. The summed E-state index contributed by atoms with van der Waals surface area (Å²) in [5.74, 6) is 0. The van der Waals surface area contributed by atoms with Crippen LogP contribution < -0.4 is 5.32 Å². The summed E-state index contributed by atoms with van der Waals surface area (Å²) < 4.78 is 2.24. The van der Waals surface area contributed by atoms with Gasteiger partial charge in [0.1, 0.15) is 0 Å². The van der Waals surface area contributed by atoms with Gasteiger partial charge >= 0.3 is 0 Å². The minimum atomic E-state index is 0.970. The minimum absolute atomic E-state index is 0.970. The van der Waals surface area contributed by atoms with E-state index in [1.165, 1.54) is 4.70 Å². The lowest BCUT2D eigenvalue weighted by Gasteiger charge is -2.09. The number of fused-ring (bicyclic) bond motifs is 2. The molecule has 0 atom stereocenters.